The van der Waals surface area contributed by atoms with Crippen molar-refractivity contribution < 1.29 is 8.42 Å². The van der Waals surface area contributed by atoms with E-state index in [1.807, 2.05) is 7.05 Å². The fourth-order valence-electron chi connectivity index (χ4n) is 4.14. The predicted molar refractivity (Wildman–Crippen MR) is 99.7 cm³/mol. The molecule has 25 heavy (non-hydrogen) atoms. The van der Waals surface area contributed by atoms with Crippen molar-refractivity contribution in [2.24, 2.45) is 15.5 Å². The highest BCUT2D eigenvalue weighted by Gasteiger charge is 2.39. The molecule has 1 saturated heterocycles. The lowest BCUT2D eigenvalue weighted by atomic mass is 9.73. The molecule has 1 aromatic carbocycles. The number of nitrogens with two attached hydrogens (primary N) is 1. The van der Waals surface area contributed by atoms with Crippen LogP contribution < -0.4 is 10.5 Å². The van der Waals surface area contributed by atoms with Gasteiger partial charge in [0.15, 0.2) is 5.96 Å². The Morgan fingerprint density at radius 3 is 2.48 bits per heavy atom. The van der Waals surface area contributed by atoms with Crippen LogP contribution >= 0.6 is 0 Å². The number of hydrogen-bond acceptors (Lipinski definition) is 3. The zero-order chi connectivity index (χ0) is 17.9. The van der Waals surface area contributed by atoms with Crippen molar-refractivity contribution in [1.82, 2.24) is 10.2 Å². The molecular formula is C18H28N4O2S. The average molecular weight is 365 g/mol. The Morgan fingerprint density at radius 1 is 1.20 bits per heavy atom. The third-order valence-corrected chi connectivity index (χ3v) is 6.50. The van der Waals surface area contributed by atoms with Gasteiger partial charge in [-0.2, -0.15) is 0 Å². The molecule has 6 nitrogen and oxygen atoms in total. The molecule has 3 N–H and O–H groups in total. The summed E-state index contributed by atoms with van der Waals surface area (Å²) in [6.45, 7) is 2.77. The van der Waals surface area contributed by atoms with Gasteiger partial charge in [-0.15, -0.1) is 0 Å². The molecule has 1 aliphatic heterocycles. The first-order chi connectivity index (χ1) is 11.9. The van der Waals surface area contributed by atoms with Gasteiger partial charge in [-0.3, -0.25) is 4.99 Å². The first kappa shape index (κ1) is 18.2. The maximum absolute atomic E-state index is 11.3. The van der Waals surface area contributed by atoms with E-state index < -0.39 is 10.0 Å². The molecule has 0 amide bonds. The fraction of sp³-hybridized carbons (Fsp3) is 0.611. The molecule has 2 fully saturated rings. The van der Waals surface area contributed by atoms with Gasteiger partial charge >= 0.3 is 0 Å². The lowest BCUT2D eigenvalue weighted by molar-refractivity contribution is 0.203. The van der Waals surface area contributed by atoms with Crippen LogP contribution in [0.15, 0.2) is 34.2 Å². The third-order valence-electron chi connectivity index (χ3n) is 5.57. The van der Waals surface area contributed by atoms with Crippen LogP contribution in [0.5, 0.6) is 0 Å². The third kappa shape index (κ3) is 4.33. The summed E-state index contributed by atoms with van der Waals surface area (Å²) in [5.74, 6) is 0.929. The van der Waals surface area contributed by atoms with Crippen LogP contribution in [0.1, 0.15) is 44.1 Å². The zero-order valence-electron chi connectivity index (χ0n) is 14.9. The van der Waals surface area contributed by atoms with Crippen molar-refractivity contribution in [3.8, 4) is 0 Å². The van der Waals surface area contributed by atoms with Crippen LogP contribution in [0.3, 0.4) is 0 Å². The number of aliphatic imine (C=N–C) groups is 1. The molecular weight excluding hydrogens is 336 g/mol. The second kappa shape index (κ2) is 7.33. The summed E-state index contributed by atoms with van der Waals surface area (Å²) in [5, 5.41) is 8.54. The number of likely N-dealkylation sites (tertiary alicyclic amines) is 1. The Morgan fingerprint density at radius 2 is 1.88 bits per heavy atom. The minimum absolute atomic E-state index is 0.138. The summed E-state index contributed by atoms with van der Waals surface area (Å²) in [4.78, 5) is 6.94. The molecule has 3 rings (SSSR count). The van der Waals surface area contributed by atoms with Crippen molar-refractivity contribution in [2.75, 3.05) is 20.1 Å². The van der Waals surface area contributed by atoms with Gasteiger partial charge in [0.05, 0.1) is 4.90 Å². The van der Waals surface area contributed by atoms with Gasteiger partial charge in [-0.05, 0) is 42.4 Å². The first-order valence-corrected chi connectivity index (χ1v) is 10.5. The topological polar surface area (TPSA) is 87.8 Å². The highest BCUT2D eigenvalue weighted by molar-refractivity contribution is 7.89. The normalized spacial score (nSPS) is 20.9. The van der Waals surface area contributed by atoms with Gasteiger partial charge in [-0.1, -0.05) is 31.4 Å². The summed E-state index contributed by atoms with van der Waals surface area (Å²) in [7, 11) is -1.82. The number of primary sulfonamides is 1. The van der Waals surface area contributed by atoms with Gasteiger partial charge in [0.1, 0.15) is 0 Å². The number of hydrogen-bond donors (Lipinski definition) is 2. The Bertz CT molecular complexity index is 722. The van der Waals surface area contributed by atoms with Gasteiger partial charge in [0.25, 0.3) is 0 Å². The summed E-state index contributed by atoms with van der Waals surface area (Å²) in [5.41, 5.74) is 1.49. The number of rotatable bonds is 3. The Hall–Kier alpha value is -1.60. The van der Waals surface area contributed by atoms with Crippen LogP contribution in [0.4, 0.5) is 0 Å². The standard InChI is InChI=1S/C18H28N4O2S/c1-20-17(22-12-11-18(14-22)9-3-2-4-10-18)21-13-15-5-7-16(8-6-15)25(19,23)24/h5-8H,2-4,9-14H2,1H3,(H,20,21)(H2,19,23,24). The number of guanidine groups is 1. The van der Waals surface area contributed by atoms with Gasteiger partial charge in [0.2, 0.25) is 10.0 Å². The molecule has 7 heteroatoms. The van der Waals surface area contributed by atoms with Crippen molar-refractivity contribution in [2.45, 2.75) is 50.0 Å². The molecule has 1 aliphatic carbocycles. The molecule has 0 radical (unpaired) electrons. The molecule has 2 aliphatic rings. The summed E-state index contributed by atoms with van der Waals surface area (Å²) < 4.78 is 22.6. The minimum atomic E-state index is -3.64. The summed E-state index contributed by atoms with van der Waals surface area (Å²) in [6, 6.07) is 6.66. The van der Waals surface area contributed by atoms with E-state index in [1.54, 1.807) is 24.3 Å². The van der Waals surface area contributed by atoms with E-state index in [-0.39, 0.29) is 4.90 Å². The van der Waals surface area contributed by atoms with Crippen LogP contribution in [-0.4, -0.2) is 39.4 Å². The molecule has 0 bridgehead atoms. The minimum Gasteiger partial charge on any atom is -0.352 e. The van der Waals surface area contributed by atoms with Gasteiger partial charge < -0.3 is 10.2 Å². The number of sulfonamides is 1. The second-order valence-corrected chi connectivity index (χ2v) is 8.88. The molecule has 0 atom stereocenters. The van der Waals surface area contributed by atoms with E-state index in [0.717, 1.165) is 24.6 Å². The second-order valence-electron chi connectivity index (χ2n) is 7.32. The van der Waals surface area contributed by atoms with Crippen LogP contribution in [-0.2, 0) is 16.6 Å². The summed E-state index contributed by atoms with van der Waals surface area (Å²) >= 11 is 0. The highest BCUT2D eigenvalue weighted by atomic mass is 32.2. The van der Waals surface area contributed by atoms with Crippen LogP contribution in [0, 0.1) is 5.41 Å². The monoisotopic (exact) mass is 364 g/mol. The first-order valence-electron chi connectivity index (χ1n) is 8.99. The molecule has 0 aromatic heterocycles. The lowest BCUT2D eigenvalue weighted by Crippen LogP contribution is -2.41. The predicted octanol–water partition coefficient (Wildman–Crippen LogP) is 2.07. The van der Waals surface area contributed by atoms with Crippen molar-refractivity contribution in [1.29, 1.82) is 0 Å². The Labute approximate surface area is 150 Å². The maximum atomic E-state index is 11.3. The van der Waals surface area contributed by atoms with Crippen molar-refractivity contribution in [3.05, 3.63) is 29.8 Å². The summed E-state index contributed by atoms with van der Waals surface area (Å²) in [6.07, 6.45) is 8.04. The molecule has 1 aromatic rings. The van der Waals surface area contributed by atoms with Crippen molar-refractivity contribution >= 4 is 16.0 Å². The van der Waals surface area contributed by atoms with Gasteiger partial charge in [0, 0.05) is 26.7 Å². The van der Waals surface area contributed by atoms with Crippen LogP contribution in [0.25, 0.3) is 0 Å². The van der Waals surface area contributed by atoms with Crippen LogP contribution in [0.2, 0.25) is 0 Å². The number of benzene rings is 1. The highest BCUT2D eigenvalue weighted by Crippen LogP contribution is 2.43. The number of nitrogens with one attached hydrogen (secondary N) is 1. The zero-order valence-corrected chi connectivity index (χ0v) is 15.7. The molecule has 138 valence electrons. The lowest BCUT2D eigenvalue weighted by Gasteiger charge is -2.33. The smallest absolute Gasteiger partial charge is 0.238 e. The largest absolute Gasteiger partial charge is 0.352 e. The maximum Gasteiger partial charge on any atom is 0.238 e. The Kier molecular flexibility index (Phi) is 5.34. The van der Waals surface area contributed by atoms with E-state index >= 15 is 0 Å². The molecule has 1 saturated carbocycles. The van der Waals surface area contributed by atoms with Crippen molar-refractivity contribution in [3.63, 3.8) is 0 Å². The van der Waals surface area contributed by atoms with E-state index in [2.05, 4.69) is 15.2 Å². The molecule has 1 heterocycles. The van der Waals surface area contributed by atoms with E-state index in [0.29, 0.717) is 12.0 Å². The van der Waals surface area contributed by atoms with E-state index in [1.165, 1.54) is 38.5 Å². The molecule has 1 spiro atoms. The van der Waals surface area contributed by atoms with Gasteiger partial charge in [-0.25, -0.2) is 13.6 Å². The van der Waals surface area contributed by atoms with E-state index in [4.69, 9.17) is 5.14 Å². The van der Waals surface area contributed by atoms with E-state index in [9.17, 15) is 8.42 Å². The molecule has 0 unspecified atom stereocenters. The SMILES string of the molecule is CN=C(NCc1ccc(S(N)(=O)=O)cc1)N1CCC2(CCCCC2)C1. The quantitative estimate of drug-likeness (QED) is 0.635. The Balaban J connectivity index is 1.58. The number of nitrogens with zero attached hydrogens (tertiary/aromatic N) is 2. The fourth-order valence-corrected chi connectivity index (χ4v) is 4.65. The average Bonchev–Trinajstić information content (AvgIpc) is 2.99.